The fourth-order valence-electron chi connectivity index (χ4n) is 7.72. The van der Waals surface area contributed by atoms with Crippen LogP contribution in [0.2, 0.25) is 0 Å². The van der Waals surface area contributed by atoms with Gasteiger partial charge in [-0.15, -0.1) is 0 Å². The predicted molar refractivity (Wildman–Crippen MR) is 196 cm³/mol. The third kappa shape index (κ3) is 3.99. The lowest BCUT2D eigenvalue weighted by molar-refractivity contribution is 0.661. The van der Waals surface area contributed by atoms with Gasteiger partial charge in [-0.3, -0.25) is 0 Å². The Balaban J connectivity index is 1.21. The second kappa shape index (κ2) is 9.93. The van der Waals surface area contributed by atoms with Gasteiger partial charge >= 0.3 is 0 Å². The van der Waals surface area contributed by atoms with Gasteiger partial charge in [-0.05, 0) is 80.2 Å². The van der Waals surface area contributed by atoms with Crippen molar-refractivity contribution in [1.29, 1.82) is 0 Å². The molecule has 0 aliphatic heterocycles. The van der Waals surface area contributed by atoms with Crippen molar-refractivity contribution >= 4 is 43.5 Å². The zero-order chi connectivity index (χ0) is 32.0. The van der Waals surface area contributed by atoms with E-state index in [0.717, 1.165) is 49.4 Å². The lowest BCUT2D eigenvalue weighted by Gasteiger charge is -2.24. The smallest absolute Gasteiger partial charge is 0.164 e. The molecule has 1 aliphatic carbocycles. The monoisotopic (exact) mass is 615 g/mol. The Morgan fingerprint density at radius 1 is 0.438 bits per heavy atom. The Morgan fingerprint density at radius 2 is 1.02 bits per heavy atom. The lowest BCUT2D eigenvalue weighted by Crippen LogP contribution is -2.17. The van der Waals surface area contributed by atoms with Crippen molar-refractivity contribution in [1.82, 2.24) is 15.0 Å². The summed E-state index contributed by atoms with van der Waals surface area (Å²) in [5.74, 6) is 1.95. The van der Waals surface area contributed by atoms with Crippen LogP contribution < -0.4 is 0 Å². The predicted octanol–water partition coefficient (Wildman–Crippen LogP) is 11.4. The van der Waals surface area contributed by atoms with E-state index in [1.54, 1.807) is 0 Å². The van der Waals surface area contributed by atoms with Crippen molar-refractivity contribution in [2.75, 3.05) is 0 Å². The van der Waals surface area contributed by atoms with E-state index in [1.807, 2.05) is 6.07 Å². The SMILES string of the molecule is CC1(C)c2ccccc2-c2cccc(-c3nc(-c4ccc5ccccc5c4)nc(-c4ccc5oc6cc7ccccc7cc6c5c4)n3)c21. The maximum Gasteiger partial charge on any atom is 0.164 e. The molecule has 4 heteroatoms. The first-order chi connectivity index (χ1) is 23.5. The first kappa shape index (κ1) is 27.0. The third-order valence-electron chi connectivity index (χ3n) is 10.1. The van der Waals surface area contributed by atoms with Crippen LogP contribution in [-0.4, -0.2) is 15.0 Å². The van der Waals surface area contributed by atoms with E-state index in [1.165, 1.54) is 33.0 Å². The van der Waals surface area contributed by atoms with Gasteiger partial charge in [0.15, 0.2) is 17.5 Å². The summed E-state index contributed by atoms with van der Waals surface area (Å²) in [5.41, 5.74) is 9.47. The van der Waals surface area contributed by atoms with E-state index in [0.29, 0.717) is 17.5 Å². The molecule has 10 rings (SSSR count). The van der Waals surface area contributed by atoms with E-state index in [-0.39, 0.29) is 5.41 Å². The molecule has 7 aromatic carbocycles. The summed E-state index contributed by atoms with van der Waals surface area (Å²) in [6.07, 6.45) is 0. The average molecular weight is 616 g/mol. The van der Waals surface area contributed by atoms with Crippen LogP contribution in [0, 0.1) is 0 Å². The van der Waals surface area contributed by atoms with Crippen LogP contribution in [0.15, 0.2) is 144 Å². The Hall–Kier alpha value is -6.13. The number of fused-ring (bicyclic) bond motifs is 8. The van der Waals surface area contributed by atoms with E-state index in [2.05, 4.69) is 147 Å². The summed E-state index contributed by atoms with van der Waals surface area (Å²) in [6.45, 7) is 4.60. The highest BCUT2D eigenvalue weighted by Gasteiger charge is 2.38. The molecule has 0 atom stereocenters. The Morgan fingerprint density at radius 3 is 1.83 bits per heavy atom. The number of aromatic nitrogens is 3. The maximum absolute atomic E-state index is 6.33. The van der Waals surface area contributed by atoms with Crippen molar-refractivity contribution in [3.8, 4) is 45.3 Å². The minimum Gasteiger partial charge on any atom is -0.456 e. The Kier molecular flexibility index (Phi) is 5.59. The molecule has 0 unspecified atom stereocenters. The third-order valence-corrected chi connectivity index (χ3v) is 10.1. The largest absolute Gasteiger partial charge is 0.456 e. The number of hydrogen-bond donors (Lipinski definition) is 0. The highest BCUT2D eigenvalue weighted by Crippen LogP contribution is 2.51. The molecule has 0 bridgehead atoms. The average Bonchev–Trinajstić information content (AvgIpc) is 3.61. The minimum absolute atomic E-state index is 0.212. The molecule has 2 heterocycles. The Labute approximate surface area is 277 Å². The van der Waals surface area contributed by atoms with Crippen molar-refractivity contribution < 1.29 is 4.42 Å². The van der Waals surface area contributed by atoms with Gasteiger partial charge in [0.05, 0.1) is 0 Å². The highest BCUT2D eigenvalue weighted by molar-refractivity contribution is 6.11. The first-order valence-corrected chi connectivity index (χ1v) is 16.4. The van der Waals surface area contributed by atoms with Gasteiger partial charge in [-0.1, -0.05) is 117 Å². The van der Waals surface area contributed by atoms with Crippen LogP contribution in [-0.2, 0) is 5.41 Å². The zero-order valence-electron chi connectivity index (χ0n) is 26.5. The van der Waals surface area contributed by atoms with Gasteiger partial charge in [0, 0.05) is 32.9 Å². The molecule has 0 amide bonds. The van der Waals surface area contributed by atoms with Crippen molar-refractivity contribution in [2.24, 2.45) is 0 Å². The topological polar surface area (TPSA) is 51.8 Å². The molecule has 0 fully saturated rings. The Bertz CT molecular complexity index is 2770. The number of nitrogens with zero attached hydrogens (tertiary/aromatic N) is 3. The molecule has 0 saturated carbocycles. The number of hydrogen-bond acceptors (Lipinski definition) is 4. The molecule has 0 N–H and O–H groups in total. The second-order valence-electron chi connectivity index (χ2n) is 13.3. The molecule has 9 aromatic rings. The minimum atomic E-state index is -0.212. The molecule has 4 nitrogen and oxygen atoms in total. The van der Waals surface area contributed by atoms with E-state index >= 15 is 0 Å². The number of furan rings is 1. The van der Waals surface area contributed by atoms with Crippen molar-refractivity contribution in [3.05, 3.63) is 151 Å². The number of benzene rings is 7. The summed E-state index contributed by atoms with van der Waals surface area (Å²) >= 11 is 0. The fraction of sp³-hybridized carbons (Fsp3) is 0.0682. The van der Waals surface area contributed by atoms with E-state index < -0.39 is 0 Å². The molecule has 0 saturated heterocycles. The van der Waals surface area contributed by atoms with Gasteiger partial charge < -0.3 is 4.42 Å². The van der Waals surface area contributed by atoms with Gasteiger partial charge in [0.1, 0.15) is 11.2 Å². The quantitative estimate of drug-likeness (QED) is 0.198. The van der Waals surface area contributed by atoms with Gasteiger partial charge in [-0.2, -0.15) is 0 Å². The van der Waals surface area contributed by atoms with Crippen LogP contribution >= 0.6 is 0 Å². The van der Waals surface area contributed by atoms with Crippen molar-refractivity contribution in [3.63, 3.8) is 0 Å². The van der Waals surface area contributed by atoms with E-state index in [4.69, 9.17) is 19.4 Å². The van der Waals surface area contributed by atoms with E-state index in [9.17, 15) is 0 Å². The summed E-state index contributed by atoms with van der Waals surface area (Å²) in [6, 6.07) is 49.0. The molecule has 48 heavy (non-hydrogen) atoms. The summed E-state index contributed by atoms with van der Waals surface area (Å²) in [5, 5.41) is 6.79. The van der Waals surface area contributed by atoms with Crippen LogP contribution in [0.3, 0.4) is 0 Å². The molecule has 0 spiro atoms. The van der Waals surface area contributed by atoms with Crippen LogP contribution in [0.1, 0.15) is 25.0 Å². The normalized spacial score (nSPS) is 13.4. The molecule has 2 aromatic heterocycles. The molecule has 0 radical (unpaired) electrons. The van der Waals surface area contributed by atoms with Crippen LogP contribution in [0.4, 0.5) is 0 Å². The van der Waals surface area contributed by atoms with Gasteiger partial charge in [-0.25, -0.2) is 15.0 Å². The zero-order valence-corrected chi connectivity index (χ0v) is 26.5. The standard InChI is InChI=1S/C44H29N3O/c1-44(2)37-17-8-7-14-32(37)33-15-9-16-34(40(33)44)43-46-41(30-19-18-26-10-3-4-11-27(26)22-30)45-42(47-43)31-20-21-38-35(24-31)36-23-28-12-5-6-13-29(28)25-39(36)48-38/h3-25H,1-2H3. The second-order valence-corrected chi connectivity index (χ2v) is 13.3. The highest BCUT2D eigenvalue weighted by atomic mass is 16.3. The molecular formula is C44H29N3O. The molecule has 226 valence electrons. The summed E-state index contributed by atoms with van der Waals surface area (Å²) in [7, 11) is 0. The summed E-state index contributed by atoms with van der Waals surface area (Å²) < 4.78 is 6.33. The van der Waals surface area contributed by atoms with Crippen molar-refractivity contribution in [2.45, 2.75) is 19.3 Å². The summed E-state index contributed by atoms with van der Waals surface area (Å²) in [4.78, 5) is 15.6. The number of rotatable bonds is 3. The van der Waals surface area contributed by atoms with Crippen LogP contribution in [0.25, 0.3) is 88.8 Å². The van der Waals surface area contributed by atoms with Crippen LogP contribution in [0.5, 0.6) is 0 Å². The molecular weight excluding hydrogens is 587 g/mol. The fourth-order valence-corrected chi connectivity index (χ4v) is 7.72. The first-order valence-electron chi connectivity index (χ1n) is 16.4. The van der Waals surface area contributed by atoms with Gasteiger partial charge in [0.25, 0.3) is 0 Å². The molecule has 1 aliphatic rings. The maximum atomic E-state index is 6.33. The lowest BCUT2D eigenvalue weighted by atomic mass is 9.80. The van der Waals surface area contributed by atoms with Gasteiger partial charge in [0.2, 0.25) is 0 Å².